The fourth-order valence-corrected chi connectivity index (χ4v) is 3.65. The molecule has 26 heavy (non-hydrogen) atoms. The maximum Gasteiger partial charge on any atom is 0.247 e. The zero-order chi connectivity index (χ0) is 18.4. The summed E-state index contributed by atoms with van der Waals surface area (Å²) in [6, 6.07) is 10.3. The van der Waals surface area contributed by atoms with Gasteiger partial charge in [-0.15, -0.1) is 12.4 Å². The Morgan fingerprint density at radius 2 is 1.50 bits per heavy atom. The lowest BCUT2D eigenvalue weighted by atomic mass is 10.1. The summed E-state index contributed by atoms with van der Waals surface area (Å²) in [7, 11) is 0.431. The van der Waals surface area contributed by atoms with Crippen LogP contribution in [0.15, 0.2) is 41.3 Å². The molecule has 9 heteroatoms. The number of nitrogens with two attached hydrogens (primary N) is 1. The molecule has 0 fully saturated rings. The Bertz CT molecular complexity index is 801. The summed E-state index contributed by atoms with van der Waals surface area (Å²) >= 11 is 0. The van der Waals surface area contributed by atoms with E-state index < -0.39 is 10.0 Å². The number of nitrogens with one attached hydrogen (secondary N) is 1. The summed E-state index contributed by atoms with van der Waals surface area (Å²) in [6.45, 7) is 0.227. The number of benzene rings is 2. The van der Waals surface area contributed by atoms with Gasteiger partial charge in [0.15, 0.2) is 4.90 Å². The van der Waals surface area contributed by atoms with Gasteiger partial charge in [0.2, 0.25) is 10.0 Å². The molecular formula is C17H23ClN2O5S. The molecule has 0 spiro atoms. The molecule has 0 aliphatic rings. The quantitative estimate of drug-likeness (QED) is 0.657. The highest BCUT2D eigenvalue weighted by Gasteiger charge is 2.25. The number of rotatable bonds is 8. The van der Waals surface area contributed by atoms with Gasteiger partial charge < -0.3 is 19.9 Å². The zero-order valence-electron chi connectivity index (χ0n) is 14.8. The molecule has 144 valence electrons. The van der Waals surface area contributed by atoms with Gasteiger partial charge in [-0.05, 0) is 24.1 Å². The Hall–Kier alpha value is -2.16. The molecule has 7 nitrogen and oxygen atoms in total. The molecule has 0 heterocycles. The minimum atomic E-state index is -3.83. The van der Waals surface area contributed by atoms with E-state index >= 15 is 0 Å². The molecule has 0 atom stereocenters. The van der Waals surface area contributed by atoms with Gasteiger partial charge in [-0.1, -0.05) is 12.1 Å². The Kier molecular flexibility index (Phi) is 8.01. The molecule has 0 saturated heterocycles. The summed E-state index contributed by atoms with van der Waals surface area (Å²) in [4.78, 5) is -0.0596. The molecule has 0 amide bonds. The van der Waals surface area contributed by atoms with Gasteiger partial charge in [0.1, 0.15) is 17.2 Å². The molecule has 0 aliphatic carbocycles. The van der Waals surface area contributed by atoms with Crippen LogP contribution in [0.1, 0.15) is 5.56 Å². The first-order valence-electron chi connectivity index (χ1n) is 7.55. The predicted molar refractivity (Wildman–Crippen MR) is 103 cm³/mol. The second-order valence-corrected chi connectivity index (χ2v) is 6.95. The summed E-state index contributed by atoms with van der Waals surface area (Å²) in [5, 5.41) is 0. The van der Waals surface area contributed by atoms with E-state index in [2.05, 4.69) is 4.72 Å². The topological polar surface area (TPSA) is 99.9 Å². The molecule has 2 aromatic rings. The lowest BCUT2D eigenvalue weighted by molar-refractivity contribution is 0.359. The van der Waals surface area contributed by atoms with Gasteiger partial charge in [-0.2, -0.15) is 0 Å². The number of hydrogen-bond donors (Lipinski definition) is 2. The molecule has 2 rings (SSSR count). The fourth-order valence-electron chi connectivity index (χ4n) is 2.32. The third-order valence-electron chi connectivity index (χ3n) is 3.62. The maximum absolute atomic E-state index is 12.7. The minimum absolute atomic E-state index is 0. The molecule has 0 aliphatic heterocycles. The van der Waals surface area contributed by atoms with E-state index in [4.69, 9.17) is 19.9 Å². The molecule has 2 aromatic carbocycles. The van der Waals surface area contributed by atoms with Crippen LogP contribution in [0.25, 0.3) is 0 Å². The molecular weight excluding hydrogens is 380 g/mol. The number of anilines is 1. The first kappa shape index (κ1) is 21.9. The van der Waals surface area contributed by atoms with Crippen molar-refractivity contribution in [1.29, 1.82) is 0 Å². The fraction of sp³-hybridized carbons (Fsp3) is 0.294. The highest BCUT2D eigenvalue weighted by Crippen LogP contribution is 2.37. The summed E-state index contributed by atoms with van der Waals surface area (Å²) in [5.41, 5.74) is 7.28. The standard InChI is InChI=1S/C17H22N2O5S.ClH/c1-22-14-10-15(23-2)17(16(11-14)24-3)25(20,21)19-9-8-12-4-6-13(18)7-5-12;/h4-7,10-11,19H,8-9,18H2,1-3H3;1H. The van der Waals surface area contributed by atoms with Crippen LogP contribution in [0.3, 0.4) is 0 Å². The lowest BCUT2D eigenvalue weighted by Gasteiger charge is -2.15. The normalized spacial score (nSPS) is 10.7. The largest absolute Gasteiger partial charge is 0.496 e. The first-order valence-corrected chi connectivity index (χ1v) is 9.03. The van der Waals surface area contributed by atoms with E-state index in [-0.39, 0.29) is 35.3 Å². The van der Waals surface area contributed by atoms with Crippen molar-refractivity contribution < 1.29 is 22.6 Å². The Balaban J connectivity index is 0.00000338. The van der Waals surface area contributed by atoms with Crippen molar-refractivity contribution in [2.24, 2.45) is 0 Å². The SMILES string of the molecule is COc1cc(OC)c(S(=O)(=O)NCCc2ccc(N)cc2)c(OC)c1.Cl. The lowest BCUT2D eigenvalue weighted by Crippen LogP contribution is -2.27. The third kappa shape index (κ3) is 5.17. The number of halogens is 1. The van der Waals surface area contributed by atoms with Crippen molar-refractivity contribution in [2.45, 2.75) is 11.3 Å². The molecule has 0 bridgehead atoms. The molecule has 0 saturated carbocycles. The predicted octanol–water partition coefficient (Wildman–Crippen LogP) is 2.24. The van der Waals surface area contributed by atoms with Gasteiger partial charge in [0, 0.05) is 24.4 Å². The van der Waals surface area contributed by atoms with Crippen molar-refractivity contribution in [1.82, 2.24) is 4.72 Å². The number of ether oxygens (including phenoxy) is 3. The van der Waals surface area contributed by atoms with Crippen molar-refractivity contribution >= 4 is 28.1 Å². The van der Waals surface area contributed by atoms with Crippen LogP contribution in [0, 0.1) is 0 Å². The highest BCUT2D eigenvalue weighted by atomic mass is 35.5. The number of methoxy groups -OCH3 is 3. The average Bonchev–Trinajstić information content (AvgIpc) is 2.61. The summed E-state index contributed by atoms with van der Waals surface area (Å²) in [5.74, 6) is 0.738. The van der Waals surface area contributed by atoms with Gasteiger partial charge in [0.05, 0.1) is 21.3 Å². The third-order valence-corrected chi connectivity index (χ3v) is 5.15. The van der Waals surface area contributed by atoms with Crippen LogP contribution in [-0.2, 0) is 16.4 Å². The van der Waals surface area contributed by atoms with Crippen molar-refractivity contribution in [3.05, 3.63) is 42.0 Å². The minimum Gasteiger partial charge on any atom is -0.496 e. The number of sulfonamides is 1. The van der Waals surface area contributed by atoms with Crippen LogP contribution in [0.4, 0.5) is 5.69 Å². The Morgan fingerprint density at radius 3 is 1.96 bits per heavy atom. The summed E-state index contributed by atoms with van der Waals surface area (Å²) in [6.07, 6.45) is 0.528. The number of hydrogen-bond acceptors (Lipinski definition) is 6. The van der Waals surface area contributed by atoms with Crippen molar-refractivity contribution in [2.75, 3.05) is 33.6 Å². The van der Waals surface area contributed by atoms with E-state index in [0.29, 0.717) is 17.9 Å². The average molecular weight is 403 g/mol. The van der Waals surface area contributed by atoms with Crippen molar-refractivity contribution in [3.8, 4) is 17.2 Å². The second kappa shape index (κ2) is 9.51. The zero-order valence-corrected chi connectivity index (χ0v) is 16.4. The van der Waals surface area contributed by atoms with Gasteiger partial charge in [-0.25, -0.2) is 13.1 Å². The van der Waals surface area contributed by atoms with Crippen LogP contribution in [0.5, 0.6) is 17.2 Å². The van der Waals surface area contributed by atoms with Crippen LogP contribution in [0.2, 0.25) is 0 Å². The highest BCUT2D eigenvalue weighted by molar-refractivity contribution is 7.89. The van der Waals surface area contributed by atoms with E-state index in [1.54, 1.807) is 12.1 Å². The molecule has 0 radical (unpaired) electrons. The van der Waals surface area contributed by atoms with E-state index in [0.717, 1.165) is 5.56 Å². The first-order chi connectivity index (χ1) is 11.9. The van der Waals surface area contributed by atoms with Gasteiger partial charge >= 0.3 is 0 Å². The smallest absolute Gasteiger partial charge is 0.247 e. The monoisotopic (exact) mass is 402 g/mol. The molecule has 3 N–H and O–H groups in total. The Labute approximate surface area is 159 Å². The molecule has 0 unspecified atom stereocenters. The number of nitrogen functional groups attached to an aromatic ring is 1. The van der Waals surface area contributed by atoms with E-state index in [1.165, 1.54) is 33.5 Å². The maximum atomic E-state index is 12.7. The van der Waals surface area contributed by atoms with Gasteiger partial charge in [0.25, 0.3) is 0 Å². The van der Waals surface area contributed by atoms with Crippen LogP contribution < -0.4 is 24.7 Å². The Morgan fingerprint density at radius 1 is 0.962 bits per heavy atom. The van der Waals surface area contributed by atoms with Gasteiger partial charge in [-0.3, -0.25) is 0 Å². The van der Waals surface area contributed by atoms with Crippen LogP contribution in [-0.4, -0.2) is 36.3 Å². The van der Waals surface area contributed by atoms with E-state index in [1.807, 2.05) is 12.1 Å². The molecule has 0 aromatic heterocycles. The second-order valence-electron chi connectivity index (χ2n) is 5.25. The summed E-state index contributed by atoms with van der Waals surface area (Å²) < 4.78 is 43.5. The van der Waals surface area contributed by atoms with Crippen LogP contribution >= 0.6 is 12.4 Å². The van der Waals surface area contributed by atoms with E-state index in [9.17, 15) is 8.42 Å². The van der Waals surface area contributed by atoms with Crippen molar-refractivity contribution in [3.63, 3.8) is 0 Å².